The van der Waals surface area contributed by atoms with Crippen LogP contribution in [0.3, 0.4) is 0 Å². The molecule has 1 fully saturated rings. The Bertz CT molecular complexity index is 337. The number of hydrogen-bond acceptors (Lipinski definition) is 1. The van der Waals surface area contributed by atoms with E-state index in [9.17, 15) is 13.2 Å². The zero-order valence-corrected chi connectivity index (χ0v) is 7.43. The van der Waals surface area contributed by atoms with Gasteiger partial charge in [-0.25, -0.2) is 13.2 Å². The molecule has 1 aromatic carbocycles. The van der Waals surface area contributed by atoms with E-state index >= 15 is 0 Å². The molecule has 1 aliphatic carbocycles. The van der Waals surface area contributed by atoms with E-state index in [2.05, 4.69) is 0 Å². The summed E-state index contributed by atoms with van der Waals surface area (Å²) in [7, 11) is 0. The van der Waals surface area contributed by atoms with E-state index in [1.807, 2.05) is 0 Å². The van der Waals surface area contributed by atoms with E-state index in [1.165, 1.54) is 0 Å². The van der Waals surface area contributed by atoms with Gasteiger partial charge >= 0.3 is 0 Å². The van der Waals surface area contributed by atoms with E-state index in [-0.39, 0.29) is 6.04 Å². The molecule has 0 bridgehead atoms. The zero-order chi connectivity index (χ0) is 10.3. The van der Waals surface area contributed by atoms with Crippen molar-refractivity contribution in [2.45, 2.75) is 18.9 Å². The lowest BCUT2D eigenvalue weighted by Crippen LogP contribution is -2.13. The highest BCUT2D eigenvalue weighted by atomic mass is 19.2. The first-order chi connectivity index (χ1) is 6.59. The Morgan fingerprint density at radius 1 is 1.14 bits per heavy atom. The van der Waals surface area contributed by atoms with Gasteiger partial charge in [-0.3, -0.25) is 0 Å². The van der Waals surface area contributed by atoms with Crippen molar-refractivity contribution in [3.05, 3.63) is 35.1 Å². The molecule has 0 spiro atoms. The summed E-state index contributed by atoms with van der Waals surface area (Å²) in [5.74, 6) is -3.48. The minimum absolute atomic E-state index is 0.291. The quantitative estimate of drug-likeness (QED) is 0.731. The van der Waals surface area contributed by atoms with Crippen molar-refractivity contribution in [2.24, 2.45) is 11.7 Å². The number of rotatable bonds is 2. The number of hydrogen-bond donors (Lipinski definition) is 1. The summed E-state index contributed by atoms with van der Waals surface area (Å²) in [6.07, 6.45) is 1.95. The van der Waals surface area contributed by atoms with E-state index in [1.54, 1.807) is 0 Å². The van der Waals surface area contributed by atoms with Gasteiger partial charge in [-0.05, 0) is 36.5 Å². The van der Waals surface area contributed by atoms with Crippen LogP contribution < -0.4 is 5.73 Å². The maximum absolute atomic E-state index is 12.8. The average Bonchev–Trinajstić information content (AvgIpc) is 2.95. The molecule has 0 aromatic heterocycles. The fourth-order valence-corrected chi connectivity index (χ4v) is 1.50. The Morgan fingerprint density at radius 3 is 2.07 bits per heavy atom. The molecule has 2 rings (SSSR count). The molecule has 0 amide bonds. The molecule has 2 N–H and O–H groups in total. The van der Waals surface area contributed by atoms with Crippen molar-refractivity contribution in [2.75, 3.05) is 0 Å². The zero-order valence-electron chi connectivity index (χ0n) is 7.43. The molecule has 0 unspecified atom stereocenters. The topological polar surface area (TPSA) is 26.0 Å². The molecular formula is C10H10F3N. The van der Waals surface area contributed by atoms with Crippen molar-refractivity contribution < 1.29 is 13.2 Å². The molecule has 1 aromatic rings. The van der Waals surface area contributed by atoms with Crippen LogP contribution in [0.15, 0.2) is 12.1 Å². The Kier molecular flexibility index (Phi) is 2.23. The SMILES string of the molecule is N[C@@H](c1cc(F)c(F)c(F)c1)C1CC1. The van der Waals surface area contributed by atoms with Gasteiger partial charge in [0.05, 0.1) is 0 Å². The van der Waals surface area contributed by atoms with Gasteiger partial charge in [0.2, 0.25) is 0 Å². The minimum atomic E-state index is -1.43. The van der Waals surface area contributed by atoms with Crippen LogP contribution in [0, 0.1) is 23.4 Å². The van der Waals surface area contributed by atoms with Crippen LogP contribution in [-0.2, 0) is 0 Å². The van der Waals surface area contributed by atoms with Gasteiger partial charge in [0, 0.05) is 6.04 Å². The molecule has 1 nitrogen and oxygen atoms in total. The number of nitrogens with two attached hydrogens (primary N) is 1. The molecule has 1 saturated carbocycles. The maximum Gasteiger partial charge on any atom is 0.194 e. The van der Waals surface area contributed by atoms with Gasteiger partial charge in [0.25, 0.3) is 0 Å². The molecular weight excluding hydrogens is 191 g/mol. The smallest absolute Gasteiger partial charge is 0.194 e. The lowest BCUT2D eigenvalue weighted by atomic mass is 10.0. The second-order valence-electron chi connectivity index (χ2n) is 3.66. The Balaban J connectivity index is 2.34. The van der Waals surface area contributed by atoms with Crippen molar-refractivity contribution in [1.29, 1.82) is 0 Å². The van der Waals surface area contributed by atoms with Crippen LogP contribution in [0.4, 0.5) is 13.2 Å². The van der Waals surface area contributed by atoms with E-state index in [0.717, 1.165) is 25.0 Å². The fourth-order valence-electron chi connectivity index (χ4n) is 1.50. The van der Waals surface area contributed by atoms with Crippen molar-refractivity contribution in [3.63, 3.8) is 0 Å². The van der Waals surface area contributed by atoms with Crippen molar-refractivity contribution in [3.8, 4) is 0 Å². The van der Waals surface area contributed by atoms with Crippen molar-refractivity contribution in [1.82, 2.24) is 0 Å². The molecule has 1 atom stereocenters. The second kappa shape index (κ2) is 3.28. The molecule has 0 saturated heterocycles. The second-order valence-corrected chi connectivity index (χ2v) is 3.66. The van der Waals surface area contributed by atoms with Crippen LogP contribution in [-0.4, -0.2) is 0 Å². The predicted octanol–water partition coefficient (Wildman–Crippen LogP) is 2.51. The summed E-state index contributed by atoms with van der Waals surface area (Å²) in [5.41, 5.74) is 6.07. The van der Waals surface area contributed by atoms with Gasteiger partial charge in [0.1, 0.15) is 0 Å². The van der Waals surface area contributed by atoms with Gasteiger partial charge in [-0.15, -0.1) is 0 Å². The van der Waals surface area contributed by atoms with Crippen LogP contribution in [0.2, 0.25) is 0 Å². The summed E-state index contributed by atoms with van der Waals surface area (Å²) in [5, 5.41) is 0. The Hall–Kier alpha value is -1.03. The summed E-state index contributed by atoms with van der Waals surface area (Å²) < 4.78 is 38.2. The molecule has 0 aliphatic heterocycles. The lowest BCUT2D eigenvalue weighted by Gasteiger charge is -2.10. The third kappa shape index (κ3) is 1.62. The summed E-state index contributed by atoms with van der Waals surface area (Å²) in [6.45, 7) is 0. The summed E-state index contributed by atoms with van der Waals surface area (Å²) >= 11 is 0. The first-order valence-corrected chi connectivity index (χ1v) is 4.49. The molecule has 0 radical (unpaired) electrons. The third-order valence-corrected chi connectivity index (χ3v) is 2.52. The van der Waals surface area contributed by atoms with Gasteiger partial charge in [-0.1, -0.05) is 0 Å². The fraction of sp³-hybridized carbons (Fsp3) is 0.400. The Labute approximate surface area is 79.7 Å². The average molecular weight is 201 g/mol. The van der Waals surface area contributed by atoms with Crippen LogP contribution in [0.1, 0.15) is 24.4 Å². The standard InChI is InChI=1S/C10H10F3N/c11-7-3-6(4-8(12)9(7)13)10(14)5-1-2-5/h3-5,10H,1-2,14H2/t10-/m1/s1. The molecule has 76 valence electrons. The molecule has 0 heterocycles. The largest absolute Gasteiger partial charge is 0.324 e. The third-order valence-electron chi connectivity index (χ3n) is 2.52. The van der Waals surface area contributed by atoms with Gasteiger partial charge in [0.15, 0.2) is 17.5 Å². The van der Waals surface area contributed by atoms with Crippen LogP contribution in [0.25, 0.3) is 0 Å². The minimum Gasteiger partial charge on any atom is -0.324 e. The highest BCUT2D eigenvalue weighted by Crippen LogP contribution is 2.39. The number of benzene rings is 1. The van der Waals surface area contributed by atoms with E-state index in [0.29, 0.717) is 11.5 Å². The first-order valence-electron chi connectivity index (χ1n) is 4.49. The van der Waals surface area contributed by atoms with Crippen LogP contribution >= 0.6 is 0 Å². The Morgan fingerprint density at radius 2 is 1.64 bits per heavy atom. The molecule has 14 heavy (non-hydrogen) atoms. The van der Waals surface area contributed by atoms with E-state index in [4.69, 9.17) is 5.73 Å². The summed E-state index contributed by atoms with van der Waals surface area (Å²) in [6, 6.07) is 1.57. The van der Waals surface area contributed by atoms with Gasteiger partial charge in [-0.2, -0.15) is 0 Å². The summed E-state index contributed by atoms with van der Waals surface area (Å²) in [4.78, 5) is 0. The van der Waals surface area contributed by atoms with E-state index < -0.39 is 17.5 Å². The highest BCUT2D eigenvalue weighted by molar-refractivity contribution is 5.23. The van der Waals surface area contributed by atoms with Crippen LogP contribution in [0.5, 0.6) is 0 Å². The molecule has 1 aliphatic rings. The van der Waals surface area contributed by atoms with Gasteiger partial charge < -0.3 is 5.73 Å². The molecule has 4 heteroatoms. The normalized spacial score (nSPS) is 18.3. The highest BCUT2D eigenvalue weighted by Gasteiger charge is 2.30. The lowest BCUT2D eigenvalue weighted by molar-refractivity contribution is 0.442. The van der Waals surface area contributed by atoms with Crippen molar-refractivity contribution >= 4 is 0 Å². The monoisotopic (exact) mass is 201 g/mol. The maximum atomic E-state index is 12.8. The predicted molar refractivity (Wildman–Crippen MR) is 46.0 cm³/mol. The first kappa shape index (κ1) is 9.52. The number of halogens is 3.